The van der Waals surface area contributed by atoms with Crippen LogP contribution < -0.4 is 0 Å². The molecule has 49 heavy (non-hydrogen) atoms. The van der Waals surface area contributed by atoms with E-state index >= 15 is 0 Å². The van der Waals surface area contributed by atoms with Gasteiger partial charge in [0.1, 0.15) is 6.61 Å². The van der Waals surface area contributed by atoms with Gasteiger partial charge in [-0.3, -0.25) is 9.59 Å². The van der Waals surface area contributed by atoms with E-state index in [4.69, 9.17) is 9.47 Å². The molecule has 292 valence electrons. The van der Waals surface area contributed by atoms with Crippen LogP contribution in [0.5, 0.6) is 0 Å². The van der Waals surface area contributed by atoms with Gasteiger partial charge in [-0.2, -0.15) is 0 Å². The second-order valence-electron chi connectivity index (χ2n) is 15.1. The van der Waals surface area contributed by atoms with Crippen LogP contribution in [0.3, 0.4) is 0 Å². The number of unbranched alkanes of at least 4 members (excludes halogenated alkanes) is 33. The van der Waals surface area contributed by atoms with Crippen LogP contribution in [0.15, 0.2) is 0 Å². The van der Waals surface area contributed by atoms with Crippen LogP contribution in [0.2, 0.25) is 0 Å². The van der Waals surface area contributed by atoms with E-state index < -0.39 is 6.10 Å². The molecule has 0 radical (unpaired) electrons. The van der Waals surface area contributed by atoms with Crippen molar-refractivity contribution in [2.45, 2.75) is 258 Å². The highest BCUT2D eigenvalue weighted by Crippen LogP contribution is 2.17. The van der Waals surface area contributed by atoms with Gasteiger partial charge in [-0.15, -0.1) is 0 Å². The Morgan fingerprint density at radius 2 is 0.633 bits per heavy atom. The first-order valence-corrected chi connectivity index (χ1v) is 22.1. The lowest BCUT2D eigenvalue weighted by Gasteiger charge is -2.15. The molecule has 0 aromatic rings. The minimum atomic E-state index is -0.759. The fraction of sp³-hybridized carbons (Fsp3) is 0.955. The molecule has 0 aliphatic heterocycles. The summed E-state index contributed by atoms with van der Waals surface area (Å²) >= 11 is 0. The first-order chi connectivity index (χ1) is 24.1. The highest BCUT2D eigenvalue weighted by atomic mass is 16.6. The Kier molecular flexibility index (Phi) is 40.4. The first kappa shape index (κ1) is 47.9. The monoisotopic (exact) mass is 695 g/mol. The van der Waals surface area contributed by atoms with E-state index in [1.165, 1.54) is 186 Å². The molecule has 0 rings (SSSR count). The van der Waals surface area contributed by atoms with Gasteiger partial charge in [0.2, 0.25) is 0 Å². The van der Waals surface area contributed by atoms with Gasteiger partial charge in [0.15, 0.2) is 6.10 Å². The van der Waals surface area contributed by atoms with E-state index in [9.17, 15) is 14.7 Å². The molecule has 0 fully saturated rings. The lowest BCUT2D eigenvalue weighted by atomic mass is 10.0. The van der Waals surface area contributed by atoms with Crippen LogP contribution in [0.25, 0.3) is 0 Å². The van der Waals surface area contributed by atoms with Gasteiger partial charge >= 0.3 is 11.9 Å². The summed E-state index contributed by atoms with van der Waals surface area (Å²) < 4.78 is 10.5. The quantitative estimate of drug-likeness (QED) is 0.0509. The van der Waals surface area contributed by atoms with Crippen LogP contribution in [0.1, 0.15) is 251 Å². The van der Waals surface area contributed by atoms with Crippen molar-refractivity contribution < 1.29 is 24.2 Å². The summed E-state index contributed by atoms with van der Waals surface area (Å²) in [5.74, 6) is -0.591. The zero-order valence-corrected chi connectivity index (χ0v) is 33.2. The predicted molar refractivity (Wildman–Crippen MR) is 210 cm³/mol. The van der Waals surface area contributed by atoms with E-state index in [2.05, 4.69) is 13.8 Å². The van der Waals surface area contributed by atoms with Crippen LogP contribution in [-0.4, -0.2) is 36.4 Å². The van der Waals surface area contributed by atoms with E-state index in [0.29, 0.717) is 12.8 Å². The molecule has 5 nitrogen and oxygen atoms in total. The van der Waals surface area contributed by atoms with Crippen molar-refractivity contribution in [1.29, 1.82) is 0 Å². The van der Waals surface area contributed by atoms with E-state index in [1.807, 2.05) is 0 Å². The molecular weight excluding hydrogens is 608 g/mol. The summed E-state index contributed by atoms with van der Waals surface area (Å²) in [6, 6.07) is 0. The van der Waals surface area contributed by atoms with Gasteiger partial charge in [-0.1, -0.05) is 226 Å². The SMILES string of the molecule is CCCCCCCCCCCCCCCCCCCCCCCCCCCCCCCCC(=O)OC(CO)COC(=O)CCCCCCC. The third-order valence-electron chi connectivity index (χ3n) is 10.2. The Labute approximate surface area is 306 Å². The van der Waals surface area contributed by atoms with Crippen molar-refractivity contribution in [2.75, 3.05) is 13.2 Å². The maximum absolute atomic E-state index is 12.1. The Bertz CT molecular complexity index is 666. The molecule has 0 amide bonds. The number of hydrogen-bond acceptors (Lipinski definition) is 5. The number of aliphatic hydroxyl groups excluding tert-OH is 1. The minimum absolute atomic E-state index is 0.0599. The maximum Gasteiger partial charge on any atom is 0.306 e. The smallest absolute Gasteiger partial charge is 0.306 e. The van der Waals surface area contributed by atoms with Gasteiger partial charge in [0.25, 0.3) is 0 Å². The zero-order valence-electron chi connectivity index (χ0n) is 33.2. The molecule has 0 saturated carbocycles. The van der Waals surface area contributed by atoms with E-state index in [0.717, 1.165) is 38.5 Å². The maximum atomic E-state index is 12.1. The molecule has 0 saturated heterocycles. The van der Waals surface area contributed by atoms with Gasteiger partial charge in [0.05, 0.1) is 6.61 Å². The lowest BCUT2D eigenvalue weighted by Crippen LogP contribution is -2.28. The van der Waals surface area contributed by atoms with Crippen LogP contribution in [-0.2, 0) is 19.1 Å². The van der Waals surface area contributed by atoms with Crippen molar-refractivity contribution in [2.24, 2.45) is 0 Å². The standard InChI is InChI=1S/C44H86O5/c1-3-5-7-9-10-11-12-13-14-15-16-17-18-19-20-21-22-23-24-25-26-27-28-29-30-31-32-33-35-37-39-44(47)49-42(40-45)41-48-43(46)38-36-34-8-6-4-2/h42,45H,3-41H2,1-2H3. The fourth-order valence-corrected chi connectivity index (χ4v) is 6.79. The number of ether oxygens (including phenoxy) is 2. The van der Waals surface area contributed by atoms with Gasteiger partial charge in [0, 0.05) is 12.8 Å². The van der Waals surface area contributed by atoms with Crippen LogP contribution >= 0.6 is 0 Å². The molecule has 1 unspecified atom stereocenters. The molecule has 0 aromatic carbocycles. The third-order valence-corrected chi connectivity index (χ3v) is 10.2. The molecule has 0 spiro atoms. The molecule has 0 bridgehead atoms. The lowest BCUT2D eigenvalue weighted by molar-refractivity contribution is -0.161. The summed E-state index contributed by atoms with van der Waals surface area (Å²) in [5.41, 5.74) is 0. The third kappa shape index (κ3) is 39.5. The van der Waals surface area contributed by atoms with Gasteiger partial charge < -0.3 is 14.6 Å². The van der Waals surface area contributed by atoms with E-state index in [-0.39, 0.29) is 25.2 Å². The second-order valence-corrected chi connectivity index (χ2v) is 15.1. The molecule has 5 heteroatoms. The topological polar surface area (TPSA) is 72.8 Å². The van der Waals surface area contributed by atoms with Gasteiger partial charge in [-0.25, -0.2) is 0 Å². The van der Waals surface area contributed by atoms with Crippen molar-refractivity contribution in [3.8, 4) is 0 Å². The second kappa shape index (κ2) is 41.3. The summed E-state index contributed by atoms with van der Waals surface area (Å²) in [5, 5.41) is 9.48. The Morgan fingerprint density at radius 3 is 0.898 bits per heavy atom. The Morgan fingerprint density at radius 1 is 0.388 bits per heavy atom. The number of carbonyl (C=O) groups excluding carboxylic acids is 2. The number of carbonyl (C=O) groups is 2. The Balaban J connectivity index is 3.30. The molecule has 0 aliphatic rings. The average Bonchev–Trinajstić information content (AvgIpc) is 3.10. The average molecular weight is 695 g/mol. The molecule has 0 aromatic heterocycles. The molecule has 0 aliphatic carbocycles. The first-order valence-electron chi connectivity index (χ1n) is 22.1. The summed E-state index contributed by atoms with van der Waals surface area (Å²) in [6.45, 7) is 4.08. The van der Waals surface area contributed by atoms with Crippen LogP contribution in [0.4, 0.5) is 0 Å². The molecule has 1 atom stereocenters. The predicted octanol–water partition coefficient (Wildman–Crippen LogP) is 13.9. The molecule has 1 N–H and O–H groups in total. The van der Waals surface area contributed by atoms with Crippen molar-refractivity contribution in [1.82, 2.24) is 0 Å². The molecular formula is C44H86O5. The zero-order chi connectivity index (χ0) is 35.7. The fourth-order valence-electron chi connectivity index (χ4n) is 6.79. The number of esters is 2. The number of hydrogen-bond donors (Lipinski definition) is 1. The van der Waals surface area contributed by atoms with Crippen molar-refractivity contribution in [3.05, 3.63) is 0 Å². The van der Waals surface area contributed by atoms with Crippen LogP contribution in [0, 0.1) is 0 Å². The van der Waals surface area contributed by atoms with Crippen molar-refractivity contribution in [3.63, 3.8) is 0 Å². The normalized spacial score (nSPS) is 12.0. The highest BCUT2D eigenvalue weighted by Gasteiger charge is 2.16. The highest BCUT2D eigenvalue weighted by molar-refractivity contribution is 5.70. The summed E-state index contributed by atoms with van der Waals surface area (Å²) in [4.78, 5) is 24.0. The Hall–Kier alpha value is -1.10. The minimum Gasteiger partial charge on any atom is -0.462 e. The molecule has 0 heterocycles. The van der Waals surface area contributed by atoms with E-state index in [1.54, 1.807) is 0 Å². The van der Waals surface area contributed by atoms with Gasteiger partial charge in [-0.05, 0) is 12.8 Å². The van der Waals surface area contributed by atoms with Crippen molar-refractivity contribution >= 4 is 11.9 Å². The summed E-state index contributed by atoms with van der Waals surface area (Å²) in [6.07, 6.45) is 46.7. The summed E-state index contributed by atoms with van der Waals surface area (Å²) in [7, 11) is 0. The number of aliphatic hydroxyl groups is 1. The number of rotatable bonds is 41. The largest absolute Gasteiger partial charge is 0.462 e.